The van der Waals surface area contributed by atoms with Crippen molar-refractivity contribution in [2.24, 2.45) is 28.3 Å². The molecule has 12 nitrogen and oxygen atoms in total. The molecule has 1 fully saturated rings. The highest BCUT2D eigenvalue weighted by Crippen LogP contribution is 2.42. The number of rotatable bonds is 11. The predicted octanol–water partition coefficient (Wildman–Crippen LogP) is 3.15. The average Bonchev–Trinajstić information content (AvgIpc) is 3.51. The molecule has 46 heavy (non-hydrogen) atoms. The number of hydrogen-bond acceptors (Lipinski definition) is 11. The Morgan fingerprint density at radius 1 is 1.26 bits per heavy atom. The highest BCUT2D eigenvalue weighted by atomic mass is 32.1. The van der Waals surface area contributed by atoms with Gasteiger partial charge in [0.1, 0.15) is 11.5 Å². The predicted molar refractivity (Wildman–Crippen MR) is 183 cm³/mol. The van der Waals surface area contributed by atoms with Crippen LogP contribution in [0.15, 0.2) is 51.2 Å². The number of hydrogen-bond donors (Lipinski definition) is 2. The van der Waals surface area contributed by atoms with Gasteiger partial charge in [0.15, 0.2) is 18.4 Å². The number of pyridine rings is 2. The summed E-state index contributed by atoms with van der Waals surface area (Å²) in [5.74, 6) is 0.511. The number of aldehydes is 2. The summed E-state index contributed by atoms with van der Waals surface area (Å²) in [4.78, 5) is 50.4. The molecule has 0 unspecified atom stereocenters. The van der Waals surface area contributed by atoms with Gasteiger partial charge in [-0.25, -0.2) is 9.98 Å². The molecule has 0 radical (unpaired) electrons. The van der Waals surface area contributed by atoms with Crippen molar-refractivity contribution in [3.63, 3.8) is 0 Å². The molecule has 13 heteroatoms. The second-order valence-corrected chi connectivity index (χ2v) is 13.5. The van der Waals surface area contributed by atoms with E-state index in [0.717, 1.165) is 61.9 Å². The van der Waals surface area contributed by atoms with Crippen LogP contribution in [-0.4, -0.2) is 86.0 Å². The van der Waals surface area contributed by atoms with Gasteiger partial charge in [-0.1, -0.05) is 13.8 Å². The van der Waals surface area contributed by atoms with Gasteiger partial charge in [0, 0.05) is 87.6 Å². The number of aromatic nitrogens is 2. The van der Waals surface area contributed by atoms with Crippen LogP contribution in [0.2, 0.25) is 0 Å². The van der Waals surface area contributed by atoms with E-state index in [-0.39, 0.29) is 22.5 Å². The van der Waals surface area contributed by atoms with Crippen molar-refractivity contribution in [1.29, 1.82) is 0 Å². The summed E-state index contributed by atoms with van der Waals surface area (Å²) in [6, 6.07) is 3.33. The Kier molecular flexibility index (Phi) is 9.94. The van der Waals surface area contributed by atoms with E-state index in [1.54, 1.807) is 58.0 Å². The maximum atomic E-state index is 13.1. The van der Waals surface area contributed by atoms with Gasteiger partial charge < -0.3 is 20.4 Å². The quantitative estimate of drug-likeness (QED) is 0.139. The minimum atomic E-state index is -0.329. The fraction of sp³-hybridized carbons (Fsp3) is 0.394. The van der Waals surface area contributed by atoms with Crippen molar-refractivity contribution in [1.82, 2.24) is 19.8 Å². The molecule has 3 aromatic rings. The maximum Gasteiger partial charge on any atom is 0.276 e. The van der Waals surface area contributed by atoms with Gasteiger partial charge in [0.05, 0.1) is 23.3 Å². The molecule has 5 rings (SSSR count). The SMILES string of the molecule is COCCN1CCN/C(=C\C(N)=Nc2cc(-c3ccnc(N(C)/N=C\c4c(C=O)sc5c4CC(C)(C)C5)c3C=O)cn(C)c2=O)C1. The van der Waals surface area contributed by atoms with Crippen molar-refractivity contribution >= 4 is 47.5 Å². The van der Waals surface area contributed by atoms with Crippen molar-refractivity contribution in [2.75, 3.05) is 52.0 Å². The summed E-state index contributed by atoms with van der Waals surface area (Å²) < 4.78 is 6.60. The first-order chi connectivity index (χ1) is 22.0. The van der Waals surface area contributed by atoms with E-state index in [4.69, 9.17) is 10.5 Å². The summed E-state index contributed by atoms with van der Waals surface area (Å²) >= 11 is 1.52. The molecule has 1 aliphatic carbocycles. The lowest BCUT2D eigenvalue weighted by molar-refractivity contribution is 0.111. The molecule has 0 saturated carbocycles. The Balaban J connectivity index is 1.44. The molecule has 242 valence electrons. The van der Waals surface area contributed by atoms with Crippen LogP contribution in [0.1, 0.15) is 49.9 Å². The van der Waals surface area contributed by atoms with Crippen molar-refractivity contribution in [2.45, 2.75) is 26.7 Å². The van der Waals surface area contributed by atoms with Gasteiger partial charge in [-0.2, -0.15) is 5.10 Å². The van der Waals surface area contributed by atoms with Crippen LogP contribution in [0.3, 0.4) is 0 Å². The Morgan fingerprint density at radius 2 is 2.07 bits per heavy atom. The van der Waals surface area contributed by atoms with Gasteiger partial charge in [-0.3, -0.25) is 24.3 Å². The summed E-state index contributed by atoms with van der Waals surface area (Å²) in [5, 5.41) is 9.45. The van der Waals surface area contributed by atoms with Crippen molar-refractivity contribution < 1.29 is 14.3 Å². The first-order valence-corrected chi connectivity index (χ1v) is 15.9. The number of carbonyl (C=O) groups is 2. The minimum absolute atomic E-state index is 0.135. The number of nitrogens with zero attached hydrogens (tertiary/aromatic N) is 6. The molecule has 2 aliphatic rings. The average molecular weight is 645 g/mol. The lowest BCUT2D eigenvalue weighted by Gasteiger charge is -2.29. The van der Waals surface area contributed by atoms with E-state index in [1.165, 1.54) is 25.8 Å². The van der Waals surface area contributed by atoms with E-state index in [9.17, 15) is 14.4 Å². The number of fused-ring (bicyclic) bond motifs is 1. The first-order valence-electron chi connectivity index (χ1n) is 15.1. The van der Waals surface area contributed by atoms with Gasteiger partial charge in [-0.05, 0) is 41.5 Å². The Morgan fingerprint density at radius 3 is 2.80 bits per heavy atom. The molecular formula is C33H40N8O4S. The second kappa shape index (κ2) is 13.9. The number of carbonyl (C=O) groups excluding carboxylic acids is 2. The van der Waals surface area contributed by atoms with Crippen LogP contribution in [0, 0.1) is 5.41 Å². The topological polar surface area (TPSA) is 148 Å². The summed E-state index contributed by atoms with van der Waals surface area (Å²) in [6.07, 6.45) is 10.0. The molecular weight excluding hydrogens is 604 g/mol. The third-order valence-corrected chi connectivity index (χ3v) is 9.32. The molecule has 3 N–H and O–H groups in total. The maximum absolute atomic E-state index is 13.1. The molecule has 1 aliphatic heterocycles. The first kappa shape index (κ1) is 32.9. The third kappa shape index (κ3) is 7.16. The van der Waals surface area contributed by atoms with Crippen LogP contribution >= 0.6 is 11.3 Å². The van der Waals surface area contributed by atoms with Crippen LogP contribution in [-0.2, 0) is 24.6 Å². The molecule has 0 bridgehead atoms. The lowest BCUT2D eigenvalue weighted by Crippen LogP contribution is -2.43. The van der Waals surface area contributed by atoms with Crippen LogP contribution in [0.25, 0.3) is 11.1 Å². The second-order valence-electron chi connectivity index (χ2n) is 12.3. The molecule has 4 heterocycles. The van der Waals surface area contributed by atoms with Crippen molar-refractivity contribution in [3.05, 3.63) is 73.1 Å². The van der Waals surface area contributed by atoms with E-state index < -0.39 is 0 Å². The zero-order valence-corrected chi connectivity index (χ0v) is 27.7. The molecule has 0 atom stereocenters. The molecule has 0 amide bonds. The number of piperazine rings is 1. The number of aryl methyl sites for hydroxylation is 1. The summed E-state index contributed by atoms with van der Waals surface area (Å²) in [5.41, 5.74) is 10.5. The lowest BCUT2D eigenvalue weighted by atomic mass is 9.90. The van der Waals surface area contributed by atoms with Gasteiger partial charge in [-0.15, -0.1) is 11.3 Å². The number of anilines is 1. The smallest absolute Gasteiger partial charge is 0.276 e. The Labute approximate surface area is 272 Å². The number of ether oxygens (including phenoxy) is 1. The number of nitrogens with two attached hydrogens (primary N) is 1. The molecule has 1 saturated heterocycles. The fourth-order valence-corrected chi connectivity index (χ4v) is 7.27. The van der Waals surface area contributed by atoms with E-state index in [1.807, 2.05) is 0 Å². The monoisotopic (exact) mass is 644 g/mol. The molecule has 0 spiro atoms. The number of aliphatic imine (C=N–C) groups is 1. The zero-order valence-electron chi connectivity index (χ0n) is 26.9. The standard InChI is InChI=1S/C33H40N8O4S/c1-33(2)14-24-25(29(20-43)46-28(24)15-33)16-37-40(4)31-26(19-42)23(6-7-36-31)21-12-27(32(44)39(3)17-21)38-30(34)13-22-18-41(9-8-35-22)10-11-45-5/h6-7,12-13,16-17,19-20,35H,8-11,14-15,18H2,1-5H3,(H2,34,38)/b22-13-,37-16-. The van der Waals surface area contributed by atoms with E-state index in [0.29, 0.717) is 40.5 Å². The van der Waals surface area contributed by atoms with Gasteiger partial charge in [0.25, 0.3) is 5.56 Å². The number of methoxy groups -OCH3 is 1. The molecule has 0 aromatic carbocycles. The normalized spacial score (nSPS) is 17.3. The Hall–Kier alpha value is -4.46. The number of thiophene rings is 1. The molecule has 3 aromatic heterocycles. The van der Waals surface area contributed by atoms with Gasteiger partial charge in [0.2, 0.25) is 0 Å². The third-order valence-electron chi connectivity index (χ3n) is 8.15. The van der Waals surface area contributed by atoms with E-state index >= 15 is 0 Å². The fourth-order valence-electron chi connectivity index (χ4n) is 5.91. The van der Waals surface area contributed by atoms with Crippen LogP contribution in [0.5, 0.6) is 0 Å². The summed E-state index contributed by atoms with van der Waals surface area (Å²) in [6.45, 7) is 8.19. The Bertz CT molecular complexity index is 1790. The largest absolute Gasteiger partial charge is 0.386 e. The van der Waals surface area contributed by atoms with Crippen LogP contribution in [0.4, 0.5) is 11.5 Å². The highest BCUT2D eigenvalue weighted by Gasteiger charge is 2.33. The minimum Gasteiger partial charge on any atom is -0.386 e. The zero-order chi connectivity index (χ0) is 33.0. The number of hydrazone groups is 1. The summed E-state index contributed by atoms with van der Waals surface area (Å²) in [7, 11) is 5.00. The number of amidine groups is 1. The van der Waals surface area contributed by atoms with Crippen molar-refractivity contribution in [3.8, 4) is 11.1 Å². The van der Waals surface area contributed by atoms with Crippen LogP contribution < -0.4 is 21.6 Å². The highest BCUT2D eigenvalue weighted by molar-refractivity contribution is 7.14. The van der Waals surface area contributed by atoms with Gasteiger partial charge >= 0.3 is 0 Å². The number of nitrogens with one attached hydrogen (secondary N) is 1. The van der Waals surface area contributed by atoms with E-state index in [2.05, 4.69) is 39.1 Å².